The molecule has 2 fully saturated rings. The zero-order valence-electron chi connectivity index (χ0n) is 15.6. The molecule has 0 saturated carbocycles. The fourth-order valence-electron chi connectivity index (χ4n) is 3.41. The van der Waals surface area contributed by atoms with Gasteiger partial charge in [-0.15, -0.1) is 0 Å². The van der Waals surface area contributed by atoms with Crippen LogP contribution in [0.1, 0.15) is 31.2 Å². The van der Waals surface area contributed by atoms with Gasteiger partial charge in [-0.05, 0) is 62.6 Å². The summed E-state index contributed by atoms with van der Waals surface area (Å²) in [6.45, 7) is 2.21. The van der Waals surface area contributed by atoms with E-state index in [2.05, 4.69) is 22.1 Å². The van der Waals surface area contributed by atoms with Gasteiger partial charge in [0.2, 0.25) is 10.0 Å². The second-order valence-corrected chi connectivity index (χ2v) is 8.95. The van der Waals surface area contributed by atoms with Crippen molar-refractivity contribution in [1.29, 1.82) is 0 Å². The first-order valence-electron chi connectivity index (χ1n) is 9.59. The molecule has 0 unspecified atom stereocenters. The van der Waals surface area contributed by atoms with Crippen LogP contribution < -0.4 is 10.1 Å². The molecule has 2 saturated heterocycles. The lowest BCUT2D eigenvalue weighted by Gasteiger charge is -2.15. The highest BCUT2D eigenvalue weighted by atomic mass is 32.2. The standard InChI is InChI=1S/C21H23N3O3S/c25-28(26,24-12-1-2-13-24)21-9-7-19(8-10-21)27-20-14-17(15-22-16-20)5-6-18-4-3-11-23-18/h7-10,14-16,18,23H,1-4,11-13H2/t18-/m1/s1. The fraction of sp³-hybridized carbons (Fsp3) is 0.381. The number of benzene rings is 1. The Morgan fingerprint density at radius 1 is 1.07 bits per heavy atom. The van der Waals surface area contributed by atoms with E-state index in [1.807, 2.05) is 6.07 Å². The summed E-state index contributed by atoms with van der Waals surface area (Å²) in [4.78, 5) is 4.48. The van der Waals surface area contributed by atoms with Crippen molar-refractivity contribution in [3.8, 4) is 23.3 Å². The Morgan fingerprint density at radius 3 is 2.57 bits per heavy atom. The third kappa shape index (κ3) is 4.36. The molecule has 3 heterocycles. The third-order valence-electron chi connectivity index (χ3n) is 4.93. The van der Waals surface area contributed by atoms with Crippen molar-refractivity contribution in [2.75, 3.05) is 19.6 Å². The number of sulfonamides is 1. The molecule has 1 aromatic heterocycles. The van der Waals surface area contributed by atoms with Gasteiger partial charge in [0.05, 0.1) is 17.1 Å². The molecule has 28 heavy (non-hydrogen) atoms. The average molecular weight is 398 g/mol. The summed E-state index contributed by atoms with van der Waals surface area (Å²) in [5, 5.41) is 3.34. The second-order valence-electron chi connectivity index (χ2n) is 7.01. The minimum Gasteiger partial charge on any atom is -0.456 e. The highest BCUT2D eigenvalue weighted by Gasteiger charge is 2.26. The van der Waals surface area contributed by atoms with Gasteiger partial charge in [-0.3, -0.25) is 4.98 Å². The summed E-state index contributed by atoms with van der Waals surface area (Å²) < 4.78 is 32.5. The van der Waals surface area contributed by atoms with E-state index >= 15 is 0 Å². The normalized spacial score (nSPS) is 19.9. The van der Waals surface area contributed by atoms with Crippen molar-refractivity contribution < 1.29 is 13.2 Å². The zero-order chi connectivity index (χ0) is 19.4. The molecule has 0 radical (unpaired) electrons. The van der Waals surface area contributed by atoms with Gasteiger partial charge in [0.1, 0.15) is 11.5 Å². The van der Waals surface area contributed by atoms with Crippen molar-refractivity contribution >= 4 is 10.0 Å². The first kappa shape index (κ1) is 18.9. The van der Waals surface area contributed by atoms with E-state index < -0.39 is 10.0 Å². The lowest BCUT2D eigenvalue weighted by Crippen LogP contribution is -2.27. The molecule has 0 aliphatic carbocycles. The first-order chi connectivity index (χ1) is 13.6. The monoisotopic (exact) mass is 397 g/mol. The highest BCUT2D eigenvalue weighted by molar-refractivity contribution is 7.89. The predicted molar refractivity (Wildman–Crippen MR) is 107 cm³/mol. The van der Waals surface area contributed by atoms with Crippen LogP contribution in [-0.2, 0) is 10.0 Å². The van der Waals surface area contributed by atoms with E-state index in [0.717, 1.165) is 37.8 Å². The average Bonchev–Trinajstić information content (AvgIpc) is 3.41. The van der Waals surface area contributed by atoms with Gasteiger partial charge < -0.3 is 10.1 Å². The van der Waals surface area contributed by atoms with E-state index in [1.165, 1.54) is 4.31 Å². The van der Waals surface area contributed by atoms with Gasteiger partial charge >= 0.3 is 0 Å². The van der Waals surface area contributed by atoms with Crippen LogP contribution in [0.5, 0.6) is 11.5 Å². The molecule has 146 valence electrons. The smallest absolute Gasteiger partial charge is 0.243 e. The first-order valence-corrected chi connectivity index (χ1v) is 11.0. The summed E-state index contributed by atoms with van der Waals surface area (Å²) in [7, 11) is -3.41. The van der Waals surface area contributed by atoms with Crippen LogP contribution in [0.4, 0.5) is 0 Å². The number of rotatable bonds is 4. The van der Waals surface area contributed by atoms with Crippen LogP contribution in [0.25, 0.3) is 0 Å². The molecule has 2 aliphatic rings. The van der Waals surface area contributed by atoms with Gasteiger partial charge in [0, 0.05) is 24.8 Å². The number of pyridine rings is 1. The lowest BCUT2D eigenvalue weighted by molar-refractivity contribution is 0.474. The van der Waals surface area contributed by atoms with Gasteiger partial charge in [0.15, 0.2) is 0 Å². The molecular weight excluding hydrogens is 374 g/mol. The van der Waals surface area contributed by atoms with Gasteiger partial charge in [0.25, 0.3) is 0 Å². The highest BCUT2D eigenvalue weighted by Crippen LogP contribution is 2.25. The molecule has 4 rings (SSSR count). The number of ether oxygens (including phenoxy) is 1. The van der Waals surface area contributed by atoms with Gasteiger partial charge in [-0.25, -0.2) is 8.42 Å². The Balaban J connectivity index is 1.45. The fourth-order valence-corrected chi connectivity index (χ4v) is 4.93. The SMILES string of the molecule is O=S(=O)(c1ccc(Oc2cncc(C#C[C@H]3CCCN3)c2)cc1)N1CCCC1. The van der Waals surface area contributed by atoms with Gasteiger partial charge in [-0.1, -0.05) is 11.8 Å². The van der Waals surface area contributed by atoms with E-state index in [9.17, 15) is 8.42 Å². The summed E-state index contributed by atoms with van der Waals surface area (Å²) in [6, 6.07) is 8.60. The second kappa shape index (κ2) is 8.31. The van der Waals surface area contributed by atoms with E-state index in [4.69, 9.17) is 4.74 Å². The van der Waals surface area contributed by atoms with Crippen molar-refractivity contribution in [2.24, 2.45) is 0 Å². The largest absolute Gasteiger partial charge is 0.456 e. The van der Waals surface area contributed by atoms with Crippen molar-refractivity contribution in [2.45, 2.75) is 36.6 Å². The maximum atomic E-state index is 12.6. The van der Waals surface area contributed by atoms with E-state index in [0.29, 0.717) is 29.5 Å². The minimum atomic E-state index is -3.41. The van der Waals surface area contributed by atoms with Crippen LogP contribution in [-0.4, -0.2) is 43.4 Å². The molecule has 7 heteroatoms. The molecule has 1 N–H and O–H groups in total. The van der Waals surface area contributed by atoms with Crippen molar-refractivity contribution in [1.82, 2.24) is 14.6 Å². The maximum absolute atomic E-state index is 12.6. The predicted octanol–water partition coefficient (Wildman–Crippen LogP) is 2.76. The number of hydrogen-bond acceptors (Lipinski definition) is 5. The molecule has 6 nitrogen and oxygen atoms in total. The zero-order valence-corrected chi connectivity index (χ0v) is 16.4. The van der Waals surface area contributed by atoms with Crippen LogP contribution in [0.2, 0.25) is 0 Å². The minimum absolute atomic E-state index is 0.245. The Bertz CT molecular complexity index is 982. The van der Waals surface area contributed by atoms with Gasteiger partial charge in [-0.2, -0.15) is 4.31 Å². The van der Waals surface area contributed by atoms with Crippen LogP contribution in [0, 0.1) is 11.8 Å². The number of aromatic nitrogens is 1. The van der Waals surface area contributed by atoms with Crippen LogP contribution in [0.3, 0.4) is 0 Å². The topological polar surface area (TPSA) is 71.5 Å². The molecule has 0 bridgehead atoms. The van der Waals surface area contributed by atoms with E-state index in [1.54, 1.807) is 36.7 Å². The third-order valence-corrected chi connectivity index (χ3v) is 6.84. The Kier molecular flexibility index (Phi) is 5.62. The summed E-state index contributed by atoms with van der Waals surface area (Å²) in [5.41, 5.74) is 0.791. The molecule has 2 aliphatic heterocycles. The quantitative estimate of drug-likeness (QED) is 0.804. The molecular formula is C21H23N3O3S. The Labute approximate surface area is 166 Å². The van der Waals surface area contributed by atoms with E-state index in [-0.39, 0.29) is 6.04 Å². The summed E-state index contributed by atoms with van der Waals surface area (Å²) in [5.74, 6) is 7.48. The molecule has 2 aromatic rings. The molecule has 1 aromatic carbocycles. The number of nitrogens with one attached hydrogen (secondary N) is 1. The van der Waals surface area contributed by atoms with Crippen molar-refractivity contribution in [3.63, 3.8) is 0 Å². The summed E-state index contributed by atoms with van der Waals surface area (Å²) >= 11 is 0. The Morgan fingerprint density at radius 2 is 1.86 bits per heavy atom. The maximum Gasteiger partial charge on any atom is 0.243 e. The van der Waals surface area contributed by atoms with Crippen LogP contribution in [0.15, 0.2) is 47.6 Å². The number of nitrogens with zero attached hydrogens (tertiary/aromatic N) is 2. The van der Waals surface area contributed by atoms with Crippen LogP contribution >= 0.6 is 0 Å². The molecule has 0 spiro atoms. The van der Waals surface area contributed by atoms with Crippen molar-refractivity contribution in [3.05, 3.63) is 48.3 Å². The summed E-state index contributed by atoms with van der Waals surface area (Å²) in [6.07, 6.45) is 7.40. The Hall–Kier alpha value is -2.40. The number of hydrogen-bond donors (Lipinski definition) is 1. The lowest BCUT2D eigenvalue weighted by atomic mass is 10.2. The molecule has 0 amide bonds. The molecule has 1 atom stereocenters.